The maximum Gasteiger partial charge on any atom is 0.160 e. The third-order valence-electron chi connectivity index (χ3n) is 12.0. The lowest BCUT2D eigenvalue weighted by Crippen LogP contribution is -1.97. The van der Waals surface area contributed by atoms with E-state index < -0.39 is 0 Å². The fourth-order valence-electron chi connectivity index (χ4n) is 8.70. The molecule has 0 fully saturated rings. The number of benzene rings is 8. The van der Waals surface area contributed by atoms with Gasteiger partial charge in [-0.05, 0) is 74.5 Å². The van der Waals surface area contributed by atoms with E-state index in [0.717, 1.165) is 99.7 Å². The summed E-state index contributed by atoms with van der Waals surface area (Å²) < 4.78 is 0. The van der Waals surface area contributed by atoms with Gasteiger partial charge < -0.3 is 0 Å². The van der Waals surface area contributed by atoms with Crippen molar-refractivity contribution in [3.8, 4) is 78.9 Å². The summed E-state index contributed by atoms with van der Waals surface area (Å²) in [6, 6.07) is 69.6. The van der Waals surface area contributed by atoms with E-state index in [-0.39, 0.29) is 0 Å². The predicted octanol–water partition coefficient (Wildman–Crippen LogP) is 14.3. The SMILES string of the molecule is c1ccc2cc(-c3nc(-c4ccc(-c5ccc(-c6cc(-c7cccc8cccnc78)nc(-c7ccc8ccccc8c7)n6)cc5)cc4)cc(-c4cccc5ccncc45)n3)ccc2c1. The van der Waals surface area contributed by atoms with Gasteiger partial charge in [-0.25, -0.2) is 19.9 Å². The minimum absolute atomic E-state index is 0.666. The van der Waals surface area contributed by atoms with Crippen LogP contribution in [-0.2, 0) is 0 Å². The normalized spacial score (nSPS) is 11.4. The molecule has 0 N–H and O–H groups in total. The van der Waals surface area contributed by atoms with Gasteiger partial charge in [0.1, 0.15) is 0 Å². The molecule has 0 aliphatic rings. The third kappa shape index (κ3) is 6.89. The Labute approximate surface area is 369 Å². The number of rotatable bonds is 7. The second-order valence-electron chi connectivity index (χ2n) is 16.0. The molecule has 0 aliphatic carbocycles. The number of pyridine rings is 2. The Hall–Kier alpha value is -8.74. The van der Waals surface area contributed by atoms with Gasteiger partial charge in [0.2, 0.25) is 0 Å². The van der Waals surface area contributed by atoms with Crippen molar-refractivity contribution in [3.05, 3.63) is 219 Å². The van der Waals surface area contributed by atoms with Crippen molar-refractivity contribution in [1.82, 2.24) is 29.9 Å². The maximum atomic E-state index is 5.18. The number of nitrogens with zero attached hydrogens (tertiary/aromatic N) is 6. The molecule has 0 amide bonds. The van der Waals surface area contributed by atoms with Crippen LogP contribution >= 0.6 is 0 Å². The molecule has 6 nitrogen and oxygen atoms in total. The number of para-hydroxylation sites is 1. The number of hydrogen-bond acceptors (Lipinski definition) is 6. The molecule has 4 heterocycles. The van der Waals surface area contributed by atoms with Crippen LogP contribution in [0.15, 0.2) is 219 Å². The first-order valence-corrected chi connectivity index (χ1v) is 21.3. The minimum atomic E-state index is 0.666. The van der Waals surface area contributed by atoms with Crippen LogP contribution in [0.25, 0.3) is 122 Å². The highest BCUT2D eigenvalue weighted by atomic mass is 14.9. The van der Waals surface area contributed by atoms with E-state index in [1.54, 1.807) is 0 Å². The molecule has 0 unspecified atom stereocenters. The summed E-state index contributed by atoms with van der Waals surface area (Å²) in [4.78, 5) is 29.9. The first kappa shape index (κ1) is 37.1. The zero-order valence-corrected chi connectivity index (χ0v) is 34.5. The summed E-state index contributed by atoms with van der Waals surface area (Å²) in [5, 5.41) is 7.87. The van der Waals surface area contributed by atoms with Crippen molar-refractivity contribution >= 4 is 43.2 Å². The Morgan fingerprint density at radius 1 is 0.281 bits per heavy atom. The molecule has 6 heteroatoms. The lowest BCUT2D eigenvalue weighted by molar-refractivity contribution is 1.18. The van der Waals surface area contributed by atoms with E-state index >= 15 is 0 Å². The first-order chi connectivity index (χ1) is 31.7. The molecule has 0 bridgehead atoms. The molecule has 8 aromatic carbocycles. The summed E-state index contributed by atoms with van der Waals surface area (Å²) in [6.45, 7) is 0. The van der Waals surface area contributed by atoms with Crippen LogP contribution in [0, 0.1) is 0 Å². The number of hydrogen-bond donors (Lipinski definition) is 0. The van der Waals surface area contributed by atoms with Gasteiger partial charge in [-0.1, -0.05) is 164 Å². The van der Waals surface area contributed by atoms with E-state index in [2.05, 4.69) is 193 Å². The maximum absolute atomic E-state index is 5.18. The predicted molar refractivity (Wildman–Crippen MR) is 261 cm³/mol. The second-order valence-corrected chi connectivity index (χ2v) is 16.0. The van der Waals surface area contributed by atoms with Crippen molar-refractivity contribution in [3.63, 3.8) is 0 Å². The van der Waals surface area contributed by atoms with E-state index in [1.165, 1.54) is 10.8 Å². The Morgan fingerprint density at radius 3 is 1.36 bits per heavy atom. The van der Waals surface area contributed by atoms with Crippen molar-refractivity contribution in [1.29, 1.82) is 0 Å². The molecular weight excluding hydrogens is 781 g/mol. The average molecular weight is 817 g/mol. The van der Waals surface area contributed by atoms with Gasteiger partial charge in [0.15, 0.2) is 11.6 Å². The highest BCUT2D eigenvalue weighted by Gasteiger charge is 2.16. The zero-order valence-electron chi connectivity index (χ0n) is 34.5. The molecule has 0 saturated heterocycles. The van der Waals surface area contributed by atoms with Crippen LogP contribution in [0.2, 0.25) is 0 Å². The molecule has 0 radical (unpaired) electrons. The fraction of sp³-hybridized carbons (Fsp3) is 0. The van der Waals surface area contributed by atoms with Crippen LogP contribution in [0.4, 0.5) is 0 Å². The molecule has 64 heavy (non-hydrogen) atoms. The lowest BCUT2D eigenvalue weighted by Gasteiger charge is -2.12. The summed E-state index contributed by atoms with van der Waals surface area (Å²) >= 11 is 0. The lowest BCUT2D eigenvalue weighted by atomic mass is 9.98. The van der Waals surface area contributed by atoms with Crippen molar-refractivity contribution in [2.45, 2.75) is 0 Å². The summed E-state index contributed by atoms with van der Waals surface area (Å²) in [5.74, 6) is 1.34. The molecule has 0 aliphatic heterocycles. The summed E-state index contributed by atoms with van der Waals surface area (Å²) in [5.41, 5.74) is 12.4. The summed E-state index contributed by atoms with van der Waals surface area (Å²) in [7, 11) is 0. The Bertz CT molecular complexity index is 3470. The Balaban J connectivity index is 0.910. The number of aromatic nitrogens is 6. The standard InChI is InChI=1S/C58H36N6/c1-3-10-45-32-47(27-21-37(45)8-1)57-61-52(34-54(63-57)49-15-5-12-41-29-31-59-36-51(41)49)42-23-17-39(18-24-42)40-19-25-43(26-20-40)53-35-55(50-16-6-13-44-14-7-30-60-56(44)50)64-58(62-53)48-28-22-38-9-2-4-11-46(38)33-48/h1-36H. The van der Waals surface area contributed by atoms with Gasteiger partial charge in [0.25, 0.3) is 0 Å². The average Bonchev–Trinajstić information content (AvgIpc) is 3.38. The topological polar surface area (TPSA) is 77.3 Å². The Morgan fingerprint density at radius 2 is 0.750 bits per heavy atom. The molecule has 298 valence electrons. The third-order valence-corrected chi connectivity index (χ3v) is 12.0. The molecule has 12 rings (SSSR count). The molecule has 0 spiro atoms. The molecule has 4 aromatic heterocycles. The smallest absolute Gasteiger partial charge is 0.160 e. The quantitative estimate of drug-likeness (QED) is 0.159. The van der Waals surface area contributed by atoms with Gasteiger partial charge in [0.05, 0.1) is 28.3 Å². The number of fused-ring (bicyclic) bond motifs is 4. The minimum Gasteiger partial charge on any atom is -0.264 e. The van der Waals surface area contributed by atoms with E-state index in [9.17, 15) is 0 Å². The molecule has 0 atom stereocenters. The van der Waals surface area contributed by atoms with Crippen LogP contribution in [0.3, 0.4) is 0 Å². The van der Waals surface area contributed by atoms with Gasteiger partial charge in [-0.15, -0.1) is 0 Å². The highest BCUT2D eigenvalue weighted by molar-refractivity contribution is 5.97. The van der Waals surface area contributed by atoms with Crippen LogP contribution in [0.1, 0.15) is 0 Å². The van der Waals surface area contributed by atoms with Gasteiger partial charge in [0, 0.05) is 62.7 Å². The highest BCUT2D eigenvalue weighted by Crippen LogP contribution is 2.36. The van der Waals surface area contributed by atoms with E-state index in [0.29, 0.717) is 11.6 Å². The van der Waals surface area contributed by atoms with Crippen molar-refractivity contribution in [2.75, 3.05) is 0 Å². The molecule has 12 aromatic rings. The molecule has 0 saturated carbocycles. The first-order valence-electron chi connectivity index (χ1n) is 21.3. The van der Waals surface area contributed by atoms with Crippen LogP contribution in [-0.4, -0.2) is 29.9 Å². The van der Waals surface area contributed by atoms with Crippen LogP contribution in [0.5, 0.6) is 0 Å². The van der Waals surface area contributed by atoms with E-state index in [1.807, 2.05) is 30.7 Å². The zero-order chi connectivity index (χ0) is 42.4. The largest absolute Gasteiger partial charge is 0.264 e. The van der Waals surface area contributed by atoms with Crippen LogP contribution < -0.4 is 0 Å². The van der Waals surface area contributed by atoms with E-state index in [4.69, 9.17) is 24.9 Å². The monoisotopic (exact) mass is 816 g/mol. The van der Waals surface area contributed by atoms with Crippen molar-refractivity contribution < 1.29 is 0 Å². The van der Waals surface area contributed by atoms with Gasteiger partial charge >= 0.3 is 0 Å². The van der Waals surface area contributed by atoms with Gasteiger partial charge in [-0.3, -0.25) is 9.97 Å². The fourth-order valence-corrected chi connectivity index (χ4v) is 8.70. The molecular formula is C58H36N6. The van der Waals surface area contributed by atoms with Gasteiger partial charge in [-0.2, -0.15) is 0 Å². The second kappa shape index (κ2) is 15.6. The summed E-state index contributed by atoms with van der Waals surface area (Å²) in [6.07, 6.45) is 5.58. The van der Waals surface area contributed by atoms with Crippen molar-refractivity contribution in [2.24, 2.45) is 0 Å². The Kier molecular flexibility index (Phi) is 9.05.